The minimum atomic E-state index is 0.360. The van der Waals surface area contributed by atoms with Crippen molar-refractivity contribution in [2.45, 2.75) is 33.7 Å². The van der Waals surface area contributed by atoms with E-state index in [4.69, 9.17) is 0 Å². The fourth-order valence-electron chi connectivity index (χ4n) is 1.91. The predicted molar refractivity (Wildman–Crippen MR) is 65.9 cm³/mol. The molecule has 0 radical (unpaired) electrons. The van der Waals surface area contributed by atoms with Crippen molar-refractivity contribution >= 4 is 0 Å². The molecule has 0 saturated carbocycles. The number of rotatable bonds is 3. The van der Waals surface area contributed by atoms with E-state index in [2.05, 4.69) is 45.3 Å². The molecule has 1 aromatic carbocycles. The van der Waals surface area contributed by atoms with E-state index in [9.17, 15) is 0 Å². The van der Waals surface area contributed by atoms with E-state index in [0.29, 0.717) is 6.04 Å². The lowest BCUT2D eigenvalue weighted by atomic mass is 9.97. The number of aryl methyl sites for hydroxylation is 3. The summed E-state index contributed by atoms with van der Waals surface area (Å²) in [6.45, 7) is 8.70. The summed E-state index contributed by atoms with van der Waals surface area (Å²) in [6.07, 6.45) is 0. The molecular formula is C13H22N2. The third-order valence-electron chi connectivity index (χ3n) is 2.80. The van der Waals surface area contributed by atoms with Crippen molar-refractivity contribution in [3.63, 3.8) is 0 Å². The molecule has 0 aliphatic carbocycles. The van der Waals surface area contributed by atoms with Crippen molar-refractivity contribution in [2.75, 3.05) is 14.1 Å². The molecule has 0 spiro atoms. The summed E-state index contributed by atoms with van der Waals surface area (Å²) in [5, 5.41) is 2.00. The summed E-state index contributed by atoms with van der Waals surface area (Å²) < 4.78 is 0. The molecule has 1 N–H and O–H groups in total. The van der Waals surface area contributed by atoms with Crippen LogP contribution < -0.4 is 5.43 Å². The van der Waals surface area contributed by atoms with Crippen molar-refractivity contribution in [2.24, 2.45) is 0 Å². The van der Waals surface area contributed by atoms with Crippen LogP contribution in [0.4, 0.5) is 0 Å². The molecule has 1 unspecified atom stereocenters. The zero-order chi connectivity index (χ0) is 11.6. The van der Waals surface area contributed by atoms with Gasteiger partial charge in [-0.2, -0.15) is 0 Å². The number of benzene rings is 1. The van der Waals surface area contributed by atoms with E-state index in [0.717, 1.165) is 0 Å². The van der Waals surface area contributed by atoms with Gasteiger partial charge < -0.3 is 0 Å². The van der Waals surface area contributed by atoms with Gasteiger partial charge in [0, 0.05) is 20.1 Å². The zero-order valence-electron chi connectivity index (χ0n) is 10.7. The number of hydrogen-bond donors (Lipinski definition) is 1. The highest BCUT2D eigenvalue weighted by Gasteiger charge is 2.09. The molecule has 1 atom stereocenters. The molecule has 15 heavy (non-hydrogen) atoms. The lowest BCUT2D eigenvalue weighted by Crippen LogP contribution is -2.33. The van der Waals surface area contributed by atoms with Gasteiger partial charge in [0.1, 0.15) is 0 Å². The maximum absolute atomic E-state index is 3.38. The SMILES string of the molecule is Cc1cc(C)c(C(C)NN(C)C)cc1C. The van der Waals surface area contributed by atoms with Gasteiger partial charge in [0.15, 0.2) is 0 Å². The Labute approximate surface area is 93.3 Å². The lowest BCUT2D eigenvalue weighted by Gasteiger charge is -2.22. The Kier molecular flexibility index (Phi) is 3.89. The smallest absolute Gasteiger partial charge is 0.0439 e. The van der Waals surface area contributed by atoms with E-state index in [1.54, 1.807) is 0 Å². The molecule has 1 aromatic rings. The maximum atomic E-state index is 3.38. The predicted octanol–water partition coefficient (Wildman–Crippen LogP) is 2.74. The lowest BCUT2D eigenvalue weighted by molar-refractivity contribution is 0.252. The van der Waals surface area contributed by atoms with Gasteiger partial charge in [-0.15, -0.1) is 0 Å². The van der Waals surface area contributed by atoms with Crippen LogP contribution in [0.2, 0.25) is 0 Å². The Bertz CT molecular complexity index is 343. The largest absolute Gasteiger partial charge is 0.250 e. The topological polar surface area (TPSA) is 15.3 Å². The highest BCUT2D eigenvalue weighted by Crippen LogP contribution is 2.21. The Morgan fingerprint density at radius 1 is 1.00 bits per heavy atom. The van der Waals surface area contributed by atoms with Crippen LogP contribution in [-0.4, -0.2) is 19.1 Å². The van der Waals surface area contributed by atoms with E-state index >= 15 is 0 Å². The summed E-state index contributed by atoms with van der Waals surface area (Å²) in [4.78, 5) is 0. The molecule has 0 saturated heterocycles. The van der Waals surface area contributed by atoms with E-state index in [1.165, 1.54) is 22.3 Å². The molecular weight excluding hydrogens is 184 g/mol. The quantitative estimate of drug-likeness (QED) is 0.765. The number of hydrazine groups is 1. The minimum absolute atomic E-state index is 0.360. The van der Waals surface area contributed by atoms with Crippen LogP contribution in [-0.2, 0) is 0 Å². The van der Waals surface area contributed by atoms with Crippen LogP contribution in [0, 0.1) is 20.8 Å². The summed E-state index contributed by atoms with van der Waals surface area (Å²) in [5.74, 6) is 0. The molecule has 2 nitrogen and oxygen atoms in total. The van der Waals surface area contributed by atoms with Gasteiger partial charge in [-0.05, 0) is 49.9 Å². The van der Waals surface area contributed by atoms with Gasteiger partial charge in [0.2, 0.25) is 0 Å². The van der Waals surface area contributed by atoms with Crippen LogP contribution in [0.5, 0.6) is 0 Å². The first-order valence-electron chi connectivity index (χ1n) is 5.43. The van der Waals surface area contributed by atoms with Crippen molar-refractivity contribution in [1.82, 2.24) is 10.4 Å². The van der Waals surface area contributed by atoms with E-state index in [1.807, 2.05) is 19.1 Å². The Morgan fingerprint density at radius 2 is 1.53 bits per heavy atom. The summed E-state index contributed by atoms with van der Waals surface area (Å²) >= 11 is 0. The molecule has 0 heterocycles. The Morgan fingerprint density at radius 3 is 2.07 bits per heavy atom. The van der Waals surface area contributed by atoms with Gasteiger partial charge in [-0.1, -0.05) is 12.1 Å². The minimum Gasteiger partial charge on any atom is -0.250 e. The summed E-state index contributed by atoms with van der Waals surface area (Å²) in [7, 11) is 4.04. The molecule has 0 aliphatic rings. The molecule has 0 amide bonds. The molecule has 0 fully saturated rings. The van der Waals surface area contributed by atoms with E-state index < -0.39 is 0 Å². The maximum Gasteiger partial charge on any atom is 0.0439 e. The van der Waals surface area contributed by atoms with Crippen molar-refractivity contribution in [3.05, 3.63) is 34.4 Å². The van der Waals surface area contributed by atoms with Crippen molar-refractivity contribution < 1.29 is 0 Å². The number of nitrogens with one attached hydrogen (secondary N) is 1. The van der Waals surface area contributed by atoms with Crippen LogP contribution >= 0.6 is 0 Å². The van der Waals surface area contributed by atoms with Gasteiger partial charge >= 0.3 is 0 Å². The van der Waals surface area contributed by atoms with Crippen LogP contribution in [0.25, 0.3) is 0 Å². The first kappa shape index (κ1) is 12.2. The first-order chi connectivity index (χ1) is 6.91. The normalized spacial score (nSPS) is 13.3. The highest BCUT2D eigenvalue weighted by atomic mass is 15.5. The molecule has 2 heteroatoms. The second-order valence-corrected chi connectivity index (χ2v) is 4.54. The fourth-order valence-corrected chi connectivity index (χ4v) is 1.91. The molecule has 1 rings (SSSR count). The third kappa shape index (κ3) is 3.05. The first-order valence-corrected chi connectivity index (χ1v) is 5.43. The molecule has 84 valence electrons. The van der Waals surface area contributed by atoms with Gasteiger partial charge in [-0.25, -0.2) is 5.43 Å². The number of hydrogen-bond acceptors (Lipinski definition) is 2. The highest BCUT2D eigenvalue weighted by molar-refractivity contribution is 5.37. The van der Waals surface area contributed by atoms with Crippen molar-refractivity contribution in [3.8, 4) is 0 Å². The van der Waals surface area contributed by atoms with Gasteiger partial charge in [0.05, 0.1) is 0 Å². The number of nitrogens with zero attached hydrogens (tertiary/aromatic N) is 1. The van der Waals surface area contributed by atoms with Gasteiger partial charge in [-0.3, -0.25) is 5.01 Å². The standard InChI is InChI=1S/C13H22N2/c1-9-7-11(3)13(8-10(9)2)12(4)14-15(5)6/h7-8,12,14H,1-6H3. The Hall–Kier alpha value is -0.860. The van der Waals surface area contributed by atoms with Crippen LogP contribution in [0.3, 0.4) is 0 Å². The monoisotopic (exact) mass is 206 g/mol. The summed E-state index contributed by atoms with van der Waals surface area (Å²) in [5.41, 5.74) is 8.85. The van der Waals surface area contributed by atoms with E-state index in [-0.39, 0.29) is 0 Å². The molecule has 0 bridgehead atoms. The fraction of sp³-hybridized carbons (Fsp3) is 0.538. The Balaban J connectivity index is 2.98. The third-order valence-corrected chi connectivity index (χ3v) is 2.80. The van der Waals surface area contributed by atoms with Crippen molar-refractivity contribution in [1.29, 1.82) is 0 Å². The zero-order valence-corrected chi connectivity index (χ0v) is 10.7. The van der Waals surface area contributed by atoms with Crippen LogP contribution in [0.1, 0.15) is 35.2 Å². The molecule has 0 aliphatic heterocycles. The van der Waals surface area contributed by atoms with Crippen LogP contribution in [0.15, 0.2) is 12.1 Å². The molecule has 0 aromatic heterocycles. The summed E-state index contributed by atoms with van der Waals surface area (Å²) in [6, 6.07) is 4.91. The average Bonchev–Trinajstić information content (AvgIpc) is 2.09. The second-order valence-electron chi connectivity index (χ2n) is 4.54. The van der Waals surface area contributed by atoms with Gasteiger partial charge in [0.25, 0.3) is 0 Å². The average molecular weight is 206 g/mol. The second kappa shape index (κ2) is 4.77.